The predicted molar refractivity (Wildman–Crippen MR) is 74.1 cm³/mol. The van der Waals surface area contributed by atoms with E-state index in [2.05, 4.69) is 41.1 Å². The molecule has 0 radical (unpaired) electrons. The summed E-state index contributed by atoms with van der Waals surface area (Å²) < 4.78 is 5.84. The molecular formula is C15H22N2O. The Bertz CT molecular complexity index is 384. The van der Waals surface area contributed by atoms with Crippen molar-refractivity contribution in [2.45, 2.75) is 18.9 Å². The molecule has 18 heavy (non-hydrogen) atoms. The molecule has 0 saturated carbocycles. The second kappa shape index (κ2) is 5.29. The van der Waals surface area contributed by atoms with Crippen molar-refractivity contribution in [3.63, 3.8) is 0 Å². The van der Waals surface area contributed by atoms with Gasteiger partial charge in [0.1, 0.15) is 0 Å². The number of ether oxygens (including phenoxy) is 1. The third kappa shape index (κ3) is 2.52. The number of likely N-dealkylation sites (N-methyl/N-ethyl adjacent to an activating group) is 1. The molecule has 3 heteroatoms. The van der Waals surface area contributed by atoms with Gasteiger partial charge in [0, 0.05) is 31.9 Å². The predicted octanol–water partition coefficient (Wildman–Crippen LogP) is 2.29. The van der Waals surface area contributed by atoms with Crippen molar-refractivity contribution >= 4 is 5.69 Å². The van der Waals surface area contributed by atoms with Gasteiger partial charge < -0.3 is 14.5 Å². The van der Waals surface area contributed by atoms with Crippen molar-refractivity contribution in [3.8, 4) is 0 Å². The molecule has 1 aromatic carbocycles. The second-order valence-electron chi connectivity index (χ2n) is 5.41. The van der Waals surface area contributed by atoms with Gasteiger partial charge in [0.15, 0.2) is 0 Å². The molecule has 2 aliphatic heterocycles. The highest BCUT2D eigenvalue weighted by molar-refractivity contribution is 5.48. The van der Waals surface area contributed by atoms with Crippen LogP contribution in [0.2, 0.25) is 0 Å². The molecule has 2 heterocycles. The van der Waals surface area contributed by atoms with Gasteiger partial charge in [0.2, 0.25) is 0 Å². The lowest BCUT2D eigenvalue weighted by atomic mass is 10.1. The van der Waals surface area contributed by atoms with E-state index in [0.29, 0.717) is 0 Å². The largest absolute Gasteiger partial charge is 0.372 e. The number of hydrogen-bond acceptors (Lipinski definition) is 3. The van der Waals surface area contributed by atoms with Crippen molar-refractivity contribution in [1.82, 2.24) is 4.90 Å². The molecule has 98 valence electrons. The molecule has 2 saturated heterocycles. The van der Waals surface area contributed by atoms with E-state index in [4.69, 9.17) is 4.74 Å². The van der Waals surface area contributed by atoms with Crippen LogP contribution in [0.25, 0.3) is 0 Å². The fourth-order valence-corrected chi connectivity index (χ4v) is 2.85. The Labute approximate surface area is 109 Å². The number of anilines is 1. The summed E-state index contributed by atoms with van der Waals surface area (Å²) in [6.07, 6.45) is 2.91. The normalized spacial score (nSPS) is 25.6. The Morgan fingerprint density at radius 2 is 1.78 bits per heavy atom. The van der Waals surface area contributed by atoms with Crippen molar-refractivity contribution < 1.29 is 4.74 Å². The second-order valence-corrected chi connectivity index (χ2v) is 5.41. The molecule has 0 aromatic heterocycles. The van der Waals surface area contributed by atoms with E-state index in [1.54, 1.807) is 0 Å². The van der Waals surface area contributed by atoms with Crippen molar-refractivity contribution in [3.05, 3.63) is 29.8 Å². The molecule has 2 fully saturated rings. The van der Waals surface area contributed by atoms with Crippen LogP contribution in [0.1, 0.15) is 24.5 Å². The van der Waals surface area contributed by atoms with Crippen LogP contribution >= 0.6 is 0 Å². The van der Waals surface area contributed by atoms with E-state index in [1.807, 2.05) is 0 Å². The first-order valence-corrected chi connectivity index (χ1v) is 6.98. The summed E-state index contributed by atoms with van der Waals surface area (Å²) in [6.45, 7) is 5.31. The average Bonchev–Trinajstić information content (AvgIpc) is 2.93. The summed E-state index contributed by atoms with van der Waals surface area (Å²) in [6, 6.07) is 8.96. The summed E-state index contributed by atoms with van der Waals surface area (Å²) >= 11 is 0. The quantitative estimate of drug-likeness (QED) is 0.796. The third-order valence-corrected chi connectivity index (χ3v) is 4.01. The summed E-state index contributed by atoms with van der Waals surface area (Å²) in [4.78, 5) is 4.81. The minimum absolute atomic E-state index is 0.247. The SMILES string of the molecule is CN1CCO[C@@H](c2ccc(N3CCCC3)cc2)C1. The number of morpholine rings is 1. The van der Waals surface area contributed by atoms with E-state index >= 15 is 0 Å². The first-order valence-electron chi connectivity index (χ1n) is 6.98. The highest BCUT2D eigenvalue weighted by Crippen LogP contribution is 2.25. The van der Waals surface area contributed by atoms with Crippen LogP contribution in [-0.2, 0) is 4.74 Å². The fourth-order valence-electron chi connectivity index (χ4n) is 2.85. The summed E-state index contributed by atoms with van der Waals surface area (Å²) in [5, 5.41) is 0. The third-order valence-electron chi connectivity index (χ3n) is 4.01. The average molecular weight is 246 g/mol. The Morgan fingerprint density at radius 3 is 2.44 bits per heavy atom. The van der Waals surface area contributed by atoms with Crippen LogP contribution in [0, 0.1) is 0 Å². The van der Waals surface area contributed by atoms with E-state index in [9.17, 15) is 0 Å². The van der Waals surface area contributed by atoms with Gasteiger partial charge in [-0.1, -0.05) is 12.1 Å². The lowest BCUT2D eigenvalue weighted by Gasteiger charge is -2.30. The van der Waals surface area contributed by atoms with Gasteiger partial charge in [-0.05, 0) is 37.6 Å². The molecule has 1 atom stereocenters. The lowest BCUT2D eigenvalue weighted by Crippen LogP contribution is -2.35. The zero-order valence-corrected chi connectivity index (χ0v) is 11.1. The van der Waals surface area contributed by atoms with Crippen LogP contribution < -0.4 is 4.90 Å². The maximum atomic E-state index is 5.84. The number of rotatable bonds is 2. The Morgan fingerprint density at radius 1 is 1.06 bits per heavy atom. The van der Waals surface area contributed by atoms with Crippen LogP contribution in [-0.4, -0.2) is 44.7 Å². The molecule has 0 N–H and O–H groups in total. The van der Waals surface area contributed by atoms with Gasteiger partial charge in [-0.25, -0.2) is 0 Å². The van der Waals surface area contributed by atoms with E-state index in [1.165, 1.54) is 37.2 Å². The topological polar surface area (TPSA) is 15.7 Å². The van der Waals surface area contributed by atoms with Crippen LogP contribution in [0.15, 0.2) is 24.3 Å². The lowest BCUT2D eigenvalue weighted by molar-refractivity contribution is -0.0208. The zero-order valence-electron chi connectivity index (χ0n) is 11.1. The van der Waals surface area contributed by atoms with E-state index < -0.39 is 0 Å². The molecule has 1 aromatic rings. The van der Waals surface area contributed by atoms with Crippen molar-refractivity contribution in [1.29, 1.82) is 0 Å². The van der Waals surface area contributed by atoms with Gasteiger partial charge in [-0.3, -0.25) is 0 Å². The molecule has 3 rings (SSSR count). The maximum absolute atomic E-state index is 5.84. The monoisotopic (exact) mass is 246 g/mol. The van der Waals surface area contributed by atoms with Crippen molar-refractivity contribution in [2.75, 3.05) is 44.7 Å². The Balaban J connectivity index is 1.70. The smallest absolute Gasteiger partial charge is 0.0952 e. The first kappa shape index (κ1) is 12.0. The molecule has 3 nitrogen and oxygen atoms in total. The van der Waals surface area contributed by atoms with Gasteiger partial charge >= 0.3 is 0 Å². The molecule has 0 bridgehead atoms. The molecule has 0 amide bonds. The Kier molecular flexibility index (Phi) is 3.52. The highest BCUT2D eigenvalue weighted by Gasteiger charge is 2.20. The first-order chi connectivity index (χ1) is 8.83. The van der Waals surface area contributed by atoms with Crippen LogP contribution in [0.4, 0.5) is 5.69 Å². The highest BCUT2D eigenvalue weighted by atomic mass is 16.5. The van der Waals surface area contributed by atoms with E-state index in [0.717, 1.165) is 19.7 Å². The molecule has 2 aliphatic rings. The summed E-state index contributed by atoms with van der Waals surface area (Å²) in [5.41, 5.74) is 2.67. The minimum atomic E-state index is 0.247. The summed E-state index contributed by atoms with van der Waals surface area (Å²) in [5.74, 6) is 0. The number of hydrogen-bond donors (Lipinski definition) is 0. The van der Waals surface area contributed by atoms with Gasteiger partial charge in [0.05, 0.1) is 12.7 Å². The standard InChI is InChI=1S/C15H22N2O/c1-16-10-11-18-15(12-16)13-4-6-14(7-5-13)17-8-2-3-9-17/h4-7,15H,2-3,8-12H2,1H3/t15-/m1/s1. The van der Waals surface area contributed by atoms with Crippen LogP contribution in [0.3, 0.4) is 0 Å². The summed E-state index contributed by atoms with van der Waals surface area (Å²) in [7, 11) is 2.16. The van der Waals surface area contributed by atoms with Gasteiger partial charge in [0.25, 0.3) is 0 Å². The maximum Gasteiger partial charge on any atom is 0.0952 e. The molecular weight excluding hydrogens is 224 g/mol. The zero-order chi connectivity index (χ0) is 12.4. The van der Waals surface area contributed by atoms with Crippen LogP contribution in [0.5, 0.6) is 0 Å². The Hall–Kier alpha value is -1.06. The minimum Gasteiger partial charge on any atom is -0.372 e. The van der Waals surface area contributed by atoms with Gasteiger partial charge in [-0.2, -0.15) is 0 Å². The number of benzene rings is 1. The van der Waals surface area contributed by atoms with E-state index in [-0.39, 0.29) is 6.10 Å². The molecule has 0 aliphatic carbocycles. The molecule has 0 spiro atoms. The van der Waals surface area contributed by atoms with Crippen molar-refractivity contribution in [2.24, 2.45) is 0 Å². The number of nitrogens with zero attached hydrogens (tertiary/aromatic N) is 2. The molecule has 0 unspecified atom stereocenters. The van der Waals surface area contributed by atoms with Gasteiger partial charge in [-0.15, -0.1) is 0 Å². The fraction of sp³-hybridized carbons (Fsp3) is 0.600.